The summed E-state index contributed by atoms with van der Waals surface area (Å²) in [6.45, 7) is 12.2. The molecule has 0 aromatic carbocycles. The summed E-state index contributed by atoms with van der Waals surface area (Å²) < 4.78 is 0. The van der Waals surface area contributed by atoms with E-state index in [1.807, 2.05) is 0 Å². The number of amides is 1. The van der Waals surface area contributed by atoms with E-state index < -0.39 is 0 Å². The Hall–Kier alpha value is -0.570. The van der Waals surface area contributed by atoms with Crippen molar-refractivity contribution in [3.8, 4) is 0 Å². The van der Waals surface area contributed by atoms with Gasteiger partial charge in [0.05, 0.1) is 0 Å². The normalized spacial score (nSPS) is 22.8. The largest absolute Gasteiger partial charge is 0.343 e. The molecule has 2 aliphatic heterocycles. The number of carbonyl (C=O) groups excluding carboxylic acids is 1. The second-order valence-electron chi connectivity index (χ2n) is 6.75. The van der Waals surface area contributed by atoms with Crippen LogP contribution in [0.15, 0.2) is 0 Å². The van der Waals surface area contributed by atoms with Gasteiger partial charge in [-0.15, -0.1) is 0 Å². The molecule has 3 heteroatoms. The highest BCUT2D eigenvalue weighted by Gasteiger charge is 2.29. The molecular formula is C16H30N2O. The van der Waals surface area contributed by atoms with Crippen LogP contribution in [0.2, 0.25) is 0 Å². The van der Waals surface area contributed by atoms with E-state index in [2.05, 4.69) is 30.6 Å². The molecule has 110 valence electrons. The quantitative estimate of drug-likeness (QED) is 0.763. The summed E-state index contributed by atoms with van der Waals surface area (Å²) in [7, 11) is 0. The highest BCUT2D eigenvalue weighted by Crippen LogP contribution is 2.24. The second-order valence-corrected chi connectivity index (χ2v) is 6.75. The van der Waals surface area contributed by atoms with Gasteiger partial charge in [0.25, 0.3) is 0 Å². The first-order valence-electron chi connectivity index (χ1n) is 8.10. The van der Waals surface area contributed by atoms with E-state index in [4.69, 9.17) is 0 Å². The minimum atomic E-state index is 0.377. The van der Waals surface area contributed by atoms with E-state index in [0.29, 0.717) is 5.91 Å². The van der Waals surface area contributed by atoms with Crippen molar-refractivity contribution in [3.05, 3.63) is 0 Å². The van der Waals surface area contributed by atoms with Crippen molar-refractivity contribution in [2.75, 3.05) is 32.7 Å². The van der Waals surface area contributed by atoms with E-state index >= 15 is 0 Å². The molecule has 3 nitrogen and oxygen atoms in total. The monoisotopic (exact) mass is 266 g/mol. The molecule has 19 heavy (non-hydrogen) atoms. The fourth-order valence-electron chi connectivity index (χ4n) is 3.22. The summed E-state index contributed by atoms with van der Waals surface area (Å²) in [6.07, 6.45) is 4.41. The Morgan fingerprint density at radius 2 is 1.84 bits per heavy atom. The van der Waals surface area contributed by atoms with Crippen molar-refractivity contribution in [2.45, 2.75) is 46.5 Å². The first-order valence-corrected chi connectivity index (χ1v) is 8.10. The van der Waals surface area contributed by atoms with Crippen LogP contribution in [0.3, 0.4) is 0 Å². The van der Waals surface area contributed by atoms with Gasteiger partial charge in [-0.2, -0.15) is 0 Å². The van der Waals surface area contributed by atoms with Crippen molar-refractivity contribution >= 4 is 5.91 Å². The molecule has 1 amide bonds. The van der Waals surface area contributed by atoms with Gasteiger partial charge in [0, 0.05) is 39.1 Å². The van der Waals surface area contributed by atoms with Crippen LogP contribution in [0.5, 0.6) is 0 Å². The lowest BCUT2D eigenvalue weighted by Gasteiger charge is -2.42. The van der Waals surface area contributed by atoms with E-state index in [1.165, 1.54) is 32.4 Å². The number of rotatable bonds is 5. The van der Waals surface area contributed by atoms with Crippen LogP contribution in [0, 0.1) is 17.8 Å². The summed E-state index contributed by atoms with van der Waals surface area (Å²) in [5.41, 5.74) is 0. The Bertz CT molecular complexity index is 289. The Labute approximate surface area is 118 Å². The number of carbonyl (C=O) groups is 1. The molecule has 0 bridgehead atoms. The third-order valence-corrected chi connectivity index (χ3v) is 5.11. The van der Waals surface area contributed by atoms with Gasteiger partial charge in [-0.05, 0) is 30.6 Å². The van der Waals surface area contributed by atoms with Crippen LogP contribution in [-0.2, 0) is 4.79 Å². The Morgan fingerprint density at radius 1 is 1.21 bits per heavy atom. The minimum Gasteiger partial charge on any atom is -0.343 e. The zero-order chi connectivity index (χ0) is 13.8. The lowest BCUT2D eigenvalue weighted by Crippen LogP contribution is -2.50. The predicted molar refractivity (Wildman–Crippen MR) is 79.0 cm³/mol. The Morgan fingerprint density at radius 3 is 2.37 bits per heavy atom. The number of nitrogens with zero attached hydrogens (tertiary/aromatic N) is 2. The molecule has 2 rings (SSSR count). The van der Waals surface area contributed by atoms with Gasteiger partial charge in [-0.1, -0.05) is 27.2 Å². The highest BCUT2D eigenvalue weighted by molar-refractivity contribution is 5.76. The molecule has 2 aliphatic rings. The maximum Gasteiger partial charge on any atom is 0.223 e. The summed E-state index contributed by atoms with van der Waals surface area (Å²) in [5.74, 6) is 2.88. The van der Waals surface area contributed by atoms with Gasteiger partial charge in [0.2, 0.25) is 5.91 Å². The fraction of sp³-hybridized carbons (Fsp3) is 0.938. The first kappa shape index (κ1) is 14.8. The molecule has 2 fully saturated rings. The Balaban J connectivity index is 1.61. The molecule has 0 unspecified atom stereocenters. The lowest BCUT2D eigenvalue weighted by molar-refractivity contribution is -0.133. The molecular weight excluding hydrogens is 236 g/mol. The predicted octanol–water partition coefficient (Wildman–Crippen LogP) is 2.61. The molecule has 0 radical (unpaired) electrons. The standard InChI is InChI=1S/C16H30N2O/c1-4-14-5-9-18(10-6-14)16(19)7-8-17-11-15(12-17)13(2)3/h13-15H,4-12H2,1-3H3. The molecule has 2 saturated heterocycles. The van der Waals surface area contributed by atoms with Crippen LogP contribution in [-0.4, -0.2) is 48.4 Å². The molecule has 0 aromatic rings. The summed E-state index contributed by atoms with van der Waals surface area (Å²) in [5, 5.41) is 0. The van der Waals surface area contributed by atoms with Crippen molar-refractivity contribution in [1.82, 2.24) is 9.80 Å². The van der Waals surface area contributed by atoms with Crippen LogP contribution >= 0.6 is 0 Å². The average molecular weight is 266 g/mol. The van der Waals surface area contributed by atoms with E-state index in [9.17, 15) is 4.79 Å². The molecule has 0 aromatic heterocycles. The zero-order valence-electron chi connectivity index (χ0n) is 12.9. The smallest absolute Gasteiger partial charge is 0.223 e. The van der Waals surface area contributed by atoms with Gasteiger partial charge in [-0.25, -0.2) is 0 Å². The fourth-order valence-corrected chi connectivity index (χ4v) is 3.22. The SMILES string of the molecule is CCC1CCN(C(=O)CCN2CC(C(C)C)C2)CC1. The lowest BCUT2D eigenvalue weighted by atomic mass is 9.88. The first-order chi connectivity index (χ1) is 9.10. The molecule has 0 aliphatic carbocycles. The van der Waals surface area contributed by atoms with Gasteiger partial charge < -0.3 is 9.80 Å². The molecule has 0 saturated carbocycles. The number of piperidine rings is 1. The van der Waals surface area contributed by atoms with Crippen LogP contribution in [0.4, 0.5) is 0 Å². The molecule has 0 spiro atoms. The number of hydrogen-bond acceptors (Lipinski definition) is 2. The maximum atomic E-state index is 12.2. The van der Waals surface area contributed by atoms with Gasteiger partial charge in [0.15, 0.2) is 0 Å². The highest BCUT2D eigenvalue weighted by atomic mass is 16.2. The molecule has 2 heterocycles. The molecule has 0 atom stereocenters. The van der Waals surface area contributed by atoms with Crippen LogP contribution < -0.4 is 0 Å². The summed E-state index contributed by atoms with van der Waals surface area (Å²) in [6, 6.07) is 0. The third kappa shape index (κ3) is 3.95. The maximum absolute atomic E-state index is 12.2. The van der Waals surface area contributed by atoms with Gasteiger partial charge >= 0.3 is 0 Å². The average Bonchev–Trinajstić information content (AvgIpc) is 2.36. The van der Waals surface area contributed by atoms with E-state index in [0.717, 1.165) is 43.8 Å². The van der Waals surface area contributed by atoms with Gasteiger partial charge in [-0.3, -0.25) is 4.79 Å². The third-order valence-electron chi connectivity index (χ3n) is 5.11. The zero-order valence-corrected chi connectivity index (χ0v) is 12.9. The van der Waals surface area contributed by atoms with Gasteiger partial charge in [0.1, 0.15) is 0 Å². The topological polar surface area (TPSA) is 23.6 Å². The number of likely N-dealkylation sites (tertiary alicyclic amines) is 2. The molecule has 0 N–H and O–H groups in total. The van der Waals surface area contributed by atoms with Crippen LogP contribution in [0.25, 0.3) is 0 Å². The minimum absolute atomic E-state index is 0.377. The summed E-state index contributed by atoms with van der Waals surface area (Å²) in [4.78, 5) is 16.7. The number of hydrogen-bond donors (Lipinski definition) is 0. The second kappa shape index (κ2) is 6.74. The van der Waals surface area contributed by atoms with Crippen molar-refractivity contribution < 1.29 is 4.79 Å². The van der Waals surface area contributed by atoms with Crippen molar-refractivity contribution in [2.24, 2.45) is 17.8 Å². The van der Waals surface area contributed by atoms with Crippen molar-refractivity contribution in [3.63, 3.8) is 0 Å². The Kier molecular flexibility index (Phi) is 5.26. The van der Waals surface area contributed by atoms with Crippen LogP contribution in [0.1, 0.15) is 46.5 Å². The van der Waals surface area contributed by atoms with E-state index in [1.54, 1.807) is 0 Å². The van der Waals surface area contributed by atoms with E-state index in [-0.39, 0.29) is 0 Å². The van der Waals surface area contributed by atoms with Crippen molar-refractivity contribution in [1.29, 1.82) is 0 Å². The summed E-state index contributed by atoms with van der Waals surface area (Å²) >= 11 is 0.